The molecule has 0 atom stereocenters. The lowest BCUT2D eigenvalue weighted by Crippen LogP contribution is -2.40. The zero-order chi connectivity index (χ0) is 23.0. The van der Waals surface area contributed by atoms with Crippen LogP contribution in [0.4, 0.5) is 0 Å². The Morgan fingerprint density at radius 1 is 1.12 bits per heavy atom. The number of halogens is 1. The van der Waals surface area contributed by atoms with Gasteiger partial charge < -0.3 is 29.7 Å². The first-order valence-corrected chi connectivity index (χ1v) is 12.0. The maximum absolute atomic E-state index is 5.96. The minimum Gasteiger partial charge on any atom is -0.493 e. The normalized spacial score (nSPS) is 14.6. The Bertz CT molecular complexity index is 667. The number of ether oxygens (including phenoxy) is 3. The van der Waals surface area contributed by atoms with Crippen molar-refractivity contribution in [1.29, 1.82) is 0 Å². The molecule has 0 unspecified atom stereocenters. The van der Waals surface area contributed by atoms with Crippen LogP contribution in [0.25, 0.3) is 0 Å². The summed E-state index contributed by atoms with van der Waals surface area (Å²) >= 11 is 0. The predicted molar refractivity (Wildman–Crippen MR) is 146 cm³/mol. The van der Waals surface area contributed by atoms with Gasteiger partial charge >= 0.3 is 0 Å². The maximum atomic E-state index is 5.96. The number of hydrogen-bond acceptors (Lipinski definition) is 6. The molecule has 0 saturated carbocycles. The summed E-state index contributed by atoms with van der Waals surface area (Å²) in [5.74, 6) is 2.37. The van der Waals surface area contributed by atoms with E-state index in [-0.39, 0.29) is 24.0 Å². The van der Waals surface area contributed by atoms with Crippen LogP contribution in [-0.2, 0) is 11.3 Å². The fourth-order valence-corrected chi connectivity index (χ4v) is 3.60. The second kappa shape index (κ2) is 18.1. The third-order valence-corrected chi connectivity index (χ3v) is 5.60. The minimum absolute atomic E-state index is 0. The van der Waals surface area contributed by atoms with Crippen LogP contribution < -0.4 is 20.1 Å². The van der Waals surface area contributed by atoms with Gasteiger partial charge in [0.15, 0.2) is 17.5 Å². The number of morpholine rings is 1. The summed E-state index contributed by atoms with van der Waals surface area (Å²) in [4.78, 5) is 9.53. The summed E-state index contributed by atoms with van der Waals surface area (Å²) in [6.45, 7) is 17.2. The van der Waals surface area contributed by atoms with Gasteiger partial charge in [-0.3, -0.25) is 4.90 Å². The number of benzene rings is 1. The fraction of sp³-hybridized carbons (Fsp3) is 0.708. The molecule has 1 fully saturated rings. The lowest BCUT2D eigenvalue weighted by Gasteiger charge is -2.26. The summed E-state index contributed by atoms with van der Waals surface area (Å²) in [5, 5.41) is 6.77. The molecule has 2 rings (SSSR count). The fourth-order valence-electron chi connectivity index (χ4n) is 3.60. The van der Waals surface area contributed by atoms with Crippen molar-refractivity contribution in [1.82, 2.24) is 20.4 Å². The van der Waals surface area contributed by atoms with Crippen molar-refractivity contribution in [3.05, 3.63) is 23.8 Å². The standard InChI is InChI=1S/C24H43N5O3.HI/c1-5-25-24(26-11-8-12-29-13-16-31-17-14-29)27-20-21-9-10-22(23(19-21)30-4)32-18-15-28(6-2)7-3;/h9-10,19H,5-8,11-18,20H2,1-4H3,(H2,25,26,27);1H. The topological polar surface area (TPSA) is 70.6 Å². The molecule has 1 aliphatic heterocycles. The molecule has 0 aromatic heterocycles. The first-order valence-electron chi connectivity index (χ1n) is 12.0. The number of nitrogens with one attached hydrogen (secondary N) is 2. The highest BCUT2D eigenvalue weighted by atomic mass is 127. The van der Waals surface area contributed by atoms with E-state index >= 15 is 0 Å². The third-order valence-electron chi connectivity index (χ3n) is 5.60. The monoisotopic (exact) mass is 577 g/mol. The molecule has 0 radical (unpaired) electrons. The van der Waals surface area contributed by atoms with Gasteiger partial charge in [-0.05, 0) is 50.7 Å². The van der Waals surface area contributed by atoms with Gasteiger partial charge in [0.25, 0.3) is 0 Å². The number of guanidine groups is 1. The molecular formula is C24H44IN5O3. The quantitative estimate of drug-likeness (QED) is 0.153. The van der Waals surface area contributed by atoms with Crippen LogP contribution in [0.5, 0.6) is 11.5 Å². The summed E-state index contributed by atoms with van der Waals surface area (Å²) in [6.07, 6.45) is 1.08. The van der Waals surface area contributed by atoms with Crippen LogP contribution in [0.15, 0.2) is 23.2 Å². The summed E-state index contributed by atoms with van der Waals surface area (Å²) < 4.78 is 16.9. The molecule has 1 aliphatic rings. The van der Waals surface area contributed by atoms with Crippen molar-refractivity contribution in [3.8, 4) is 11.5 Å². The SMILES string of the molecule is CCNC(=NCc1ccc(OCCN(CC)CC)c(OC)c1)NCCCN1CCOCC1.I. The highest BCUT2D eigenvalue weighted by Crippen LogP contribution is 2.28. The Morgan fingerprint density at radius 3 is 2.55 bits per heavy atom. The van der Waals surface area contributed by atoms with Crippen molar-refractivity contribution in [2.24, 2.45) is 4.99 Å². The summed E-state index contributed by atoms with van der Waals surface area (Å²) in [7, 11) is 1.68. The Balaban J connectivity index is 0.00000544. The second-order valence-corrected chi connectivity index (χ2v) is 7.79. The number of rotatable bonds is 14. The van der Waals surface area contributed by atoms with E-state index in [1.54, 1.807) is 7.11 Å². The lowest BCUT2D eigenvalue weighted by molar-refractivity contribution is 0.0376. The van der Waals surface area contributed by atoms with Crippen LogP contribution in [-0.4, -0.2) is 95.0 Å². The molecule has 33 heavy (non-hydrogen) atoms. The van der Waals surface area contributed by atoms with Crippen LogP contribution >= 0.6 is 24.0 Å². The van der Waals surface area contributed by atoms with E-state index in [0.717, 1.165) is 95.0 Å². The summed E-state index contributed by atoms with van der Waals surface area (Å²) in [5.41, 5.74) is 1.09. The molecule has 2 N–H and O–H groups in total. The third kappa shape index (κ3) is 11.6. The molecular weight excluding hydrogens is 533 g/mol. The molecule has 0 bridgehead atoms. The maximum Gasteiger partial charge on any atom is 0.191 e. The molecule has 8 nitrogen and oxygen atoms in total. The molecule has 1 aromatic carbocycles. The van der Waals surface area contributed by atoms with Crippen molar-refractivity contribution in [3.63, 3.8) is 0 Å². The average Bonchev–Trinajstić information content (AvgIpc) is 2.84. The zero-order valence-electron chi connectivity index (χ0n) is 20.9. The van der Waals surface area contributed by atoms with E-state index < -0.39 is 0 Å². The summed E-state index contributed by atoms with van der Waals surface area (Å²) in [6, 6.07) is 6.05. The molecule has 1 heterocycles. The lowest BCUT2D eigenvalue weighted by atomic mass is 10.2. The van der Waals surface area contributed by atoms with E-state index in [0.29, 0.717) is 13.2 Å². The Labute approximate surface area is 217 Å². The van der Waals surface area contributed by atoms with E-state index in [1.165, 1.54) is 0 Å². The van der Waals surface area contributed by atoms with Crippen molar-refractivity contribution in [2.75, 3.05) is 79.3 Å². The van der Waals surface area contributed by atoms with E-state index in [9.17, 15) is 0 Å². The molecule has 0 aliphatic carbocycles. The van der Waals surface area contributed by atoms with Gasteiger partial charge in [0.1, 0.15) is 6.61 Å². The molecule has 1 saturated heterocycles. The number of likely N-dealkylation sites (N-methyl/N-ethyl adjacent to an activating group) is 1. The highest BCUT2D eigenvalue weighted by molar-refractivity contribution is 14.0. The molecule has 0 spiro atoms. The molecule has 190 valence electrons. The Hall–Kier alpha value is -1.30. The minimum atomic E-state index is 0. The van der Waals surface area contributed by atoms with Gasteiger partial charge in [0.2, 0.25) is 0 Å². The number of hydrogen-bond donors (Lipinski definition) is 2. The average molecular weight is 578 g/mol. The zero-order valence-corrected chi connectivity index (χ0v) is 23.2. The molecule has 9 heteroatoms. The number of nitrogens with zero attached hydrogens (tertiary/aromatic N) is 3. The van der Waals surface area contributed by atoms with Crippen LogP contribution in [0.2, 0.25) is 0 Å². The van der Waals surface area contributed by atoms with Gasteiger partial charge in [-0.15, -0.1) is 24.0 Å². The van der Waals surface area contributed by atoms with E-state index in [1.807, 2.05) is 12.1 Å². The molecule has 1 aromatic rings. The smallest absolute Gasteiger partial charge is 0.191 e. The largest absolute Gasteiger partial charge is 0.493 e. The van der Waals surface area contributed by atoms with E-state index in [4.69, 9.17) is 19.2 Å². The Kier molecular flexibility index (Phi) is 16.3. The van der Waals surface area contributed by atoms with Gasteiger partial charge in [-0.25, -0.2) is 4.99 Å². The van der Waals surface area contributed by atoms with Gasteiger partial charge in [-0.1, -0.05) is 19.9 Å². The first-order chi connectivity index (χ1) is 15.7. The number of aliphatic imine (C=N–C) groups is 1. The van der Waals surface area contributed by atoms with Crippen LogP contribution in [0.3, 0.4) is 0 Å². The first kappa shape index (κ1) is 29.7. The highest BCUT2D eigenvalue weighted by Gasteiger charge is 2.10. The molecule has 0 amide bonds. The van der Waals surface area contributed by atoms with Gasteiger partial charge in [-0.2, -0.15) is 0 Å². The van der Waals surface area contributed by atoms with Gasteiger partial charge in [0, 0.05) is 32.7 Å². The van der Waals surface area contributed by atoms with Crippen molar-refractivity contribution >= 4 is 29.9 Å². The van der Waals surface area contributed by atoms with Crippen molar-refractivity contribution < 1.29 is 14.2 Å². The second-order valence-electron chi connectivity index (χ2n) is 7.79. The van der Waals surface area contributed by atoms with E-state index in [2.05, 4.69) is 47.3 Å². The van der Waals surface area contributed by atoms with Crippen molar-refractivity contribution in [2.45, 2.75) is 33.7 Å². The Morgan fingerprint density at radius 2 is 1.88 bits per heavy atom. The predicted octanol–water partition coefficient (Wildman–Crippen LogP) is 2.81. The van der Waals surface area contributed by atoms with Crippen LogP contribution in [0, 0.1) is 0 Å². The number of methoxy groups -OCH3 is 1. The van der Waals surface area contributed by atoms with Gasteiger partial charge in [0.05, 0.1) is 26.9 Å². The van der Waals surface area contributed by atoms with Crippen LogP contribution in [0.1, 0.15) is 32.8 Å².